The number of hydrogen-bond donors (Lipinski definition) is 0. The number of likely N-dealkylation sites (tertiary alicyclic amines) is 1. The molecule has 0 radical (unpaired) electrons. The first-order chi connectivity index (χ1) is 10.3. The molecule has 2 atom stereocenters. The zero-order valence-electron chi connectivity index (χ0n) is 12.5. The number of rotatable bonds is 2. The summed E-state index contributed by atoms with van der Waals surface area (Å²) in [5.74, 6) is 3.71. The summed E-state index contributed by atoms with van der Waals surface area (Å²) in [6.07, 6.45) is 6.99. The number of imidazole rings is 1. The van der Waals surface area contributed by atoms with Crippen LogP contribution in [0, 0.1) is 0 Å². The van der Waals surface area contributed by atoms with Crippen LogP contribution in [0.15, 0.2) is 18.3 Å². The average Bonchev–Trinajstić information content (AvgIpc) is 3.14. The van der Waals surface area contributed by atoms with E-state index in [9.17, 15) is 0 Å². The van der Waals surface area contributed by atoms with Gasteiger partial charge in [0.1, 0.15) is 11.3 Å². The molecule has 2 fully saturated rings. The van der Waals surface area contributed by atoms with Crippen molar-refractivity contribution in [3.05, 3.63) is 24.2 Å². The number of pyridine rings is 1. The summed E-state index contributed by atoms with van der Waals surface area (Å²) in [4.78, 5) is 12.1. The van der Waals surface area contributed by atoms with Gasteiger partial charge in [-0.25, -0.2) is 9.97 Å². The van der Waals surface area contributed by atoms with E-state index in [0.29, 0.717) is 12.1 Å². The van der Waals surface area contributed by atoms with Crippen LogP contribution in [0.4, 0.5) is 0 Å². The average molecular weight is 302 g/mol. The lowest BCUT2D eigenvalue weighted by Crippen LogP contribution is -2.32. The van der Waals surface area contributed by atoms with Crippen molar-refractivity contribution < 1.29 is 0 Å². The SMILES string of the molecule is CN1CCCCC1c1nc2cccnc2n1C1CCSC1. The first kappa shape index (κ1) is 13.6. The highest BCUT2D eigenvalue weighted by Gasteiger charge is 2.30. The Morgan fingerprint density at radius 2 is 2.24 bits per heavy atom. The summed E-state index contributed by atoms with van der Waals surface area (Å²) >= 11 is 2.06. The van der Waals surface area contributed by atoms with Crippen LogP contribution >= 0.6 is 11.8 Å². The molecular formula is C16H22N4S. The Morgan fingerprint density at radius 1 is 1.29 bits per heavy atom. The van der Waals surface area contributed by atoms with Gasteiger partial charge in [0.2, 0.25) is 0 Å². The van der Waals surface area contributed by atoms with Gasteiger partial charge in [0.05, 0.1) is 6.04 Å². The van der Waals surface area contributed by atoms with Crippen LogP contribution in [0.1, 0.15) is 43.6 Å². The van der Waals surface area contributed by atoms with Crippen LogP contribution < -0.4 is 0 Å². The van der Waals surface area contributed by atoms with Crippen LogP contribution in [0.2, 0.25) is 0 Å². The predicted octanol–water partition coefficient (Wildman–Crippen LogP) is 3.27. The largest absolute Gasteiger partial charge is 0.307 e. The third-order valence-electron chi connectivity index (χ3n) is 4.82. The minimum Gasteiger partial charge on any atom is -0.307 e. The van der Waals surface area contributed by atoms with E-state index in [4.69, 9.17) is 4.98 Å². The van der Waals surface area contributed by atoms with Crippen LogP contribution in [-0.2, 0) is 0 Å². The van der Waals surface area contributed by atoms with Crippen LogP contribution in [-0.4, -0.2) is 44.5 Å². The van der Waals surface area contributed by atoms with Gasteiger partial charge in [0.15, 0.2) is 5.65 Å². The van der Waals surface area contributed by atoms with E-state index in [-0.39, 0.29) is 0 Å². The van der Waals surface area contributed by atoms with Crippen molar-refractivity contribution >= 4 is 22.9 Å². The Bertz CT molecular complexity index is 632. The molecule has 112 valence electrons. The molecule has 2 saturated heterocycles. The second-order valence-electron chi connectivity index (χ2n) is 6.20. The smallest absolute Gasteiger partial charge is 0.160 e. The van der Waals surface area contributed by atoms with E-state index >= 15 is 0 Å². The van der Waals surface area contributed by atoms with Gasteiger partial charge in [-0.1, -0.05) is 6.42 Å². The maximum absolute atomic E-state index is 4.98. The molecule has 0 aromatic carbocycles. The number of fused-ring (bicyclic) bond motifs is 1. The summed E-state index contributed by atoms with van der Waals surface area (Å²) < 4.78 is 2.46. The van der Waals surface area contributed by atoms with Gasteiger partial charge in [0, 0.05) is 18.0 Å². The van der Waals surface area contributed by atoms with Gasteiger partial charge in [-0.05, 0) is 50.7 Å². The number of piperidine rings is 1. The predicted molar refractivity (Wildman–Crippen MR) is 87.7 cm³/mol. The van der Waals surface area contributed by atoms with E-state index in [1.165, 1.54) is 49.6 Å². The minimum atomic E-state index is 0.457. The van der Waals surface area contributed by atoms with Gasteiger partial charge in [-0.3, -0.25) is 4.90 Å². The molecule has 0 spiro atoms. The fourth-order valence-corrected chi connectivity index (χ4v) is 4.86. The molecule has 0 amide bonds. The van der Waals surface area contributed by atoms with Gasteiger partial charge >= 0.3 is 0 Å². The Morgan fingerprint density at radius 3 is 3.05 bits per heavy atom. The minimum absolute atomic E-state index is 0.457. The quantitative estimate of drug-likeness (QED) is 0.852. The second-order valence-corrected chi connectivity index (χ2v) is 7.35. The molecular weight excluding hydrogens is 280 g/mol. The fourth-order valence-electron chi connectivity index (χ4n) is 3.67. The summed E-state index contributed by atoms with van der Waals surface area (Å²) in [6.45, 7) is 1.18. The van der Waals surface area contributed by atoms with E-state index in [1.807, 2.05) is 12.3 Å². The third-order valence-corrected chi connectivity index (χ3v) is 5.96. The summed E-state index contributed by atoms with van der Waals surface area (Å²) in [6, 6.07) is 5.13. The molecule has 0 aliphatic carbocycles. The monoisotopic (exact) mass is 302 g/mol. The van der Waals surface area contributed by atoms with Crippen LogP contribution in [0.3, 0.4) is 0 Å². The zero-order chi connectivity index (χ0) is 14.2. The van der Waals surface area contributed by atoms with Crippen LogP contribution in [0.25, 0.3) is 11.2 Å². The maximum atomic E-state index is 4.98. The Kier molecular flexibility index (Phi) is 3.63. The Balaban J connectivity index is 1.84. The standard InChI is InChI=1S/C16H22N4S/c1-19-9-3-2-6-14(19)16-18-13-5-4-8-17-15(13)20(16)12-7-10-21-11-12/h4-5,8,12,14H,2-3,6-7,9-11H2,1H3. The van der Waals surface area contributed by atoms with Gasteiger partial charge in [-0.2, -0.15) is 11.8 Å². The number of aromatic nitrogens is 3. The van der Waals surface area contributed by atoms with Crippen molar-refractivity contribution in [1.29, 1.82) is 0 Å². The Labute approximate surface area is 129 Å². The molecule has 4 nitrogen and oxygen atoms in total. The molecule has 21 heavy (non-hydrogen) atoms. The van der Waals surface area contributed by atoms with E-state index in [2.05, 4.69) is 39.3 Å². The lowest BCUT2D eigenvalue weighted by Gasteiger charge is -2.33. The van der Waals surface area contributed by atoms with Gasteiger partial charge in [0.25, 0.3) is 0 Å². The van der Waals surface area contributed by atoms with Crippen molar-refractivity contribution in [3.8, 4) is 0 Å². The highest BCUT2D eigenvalue weighted by molar-refractivity contribution is 7.99. The van der Waals surface area contributed by atoms with Crippen molar-refractivity contribution in [3.63, 3.8) is 0 Å². The molecule has 2 unspecified atom stereocenters. The molecule has 2 aliphatic rings. The fraction of sp³-hybridized carbons (Fsp3) is 0.625. The van der Waals surface area contributed by atoms with Gasteiger partial charge in [-0.15, -0.1) is 0 Å². The number of hydrogen-bond acceptors (Lipinski definition) is 4. The summed E-state index contributed by atoms with van der Waals surface area (Å²) in [5, 5.41) is 0. The van der Waals surface area contributed by atoms with Gasteiger partial charge < -0.3 is 4.57 Å². The number of thioether (sulfide) groups is 1. The van der Waals surface area contributed by atoms with E-state index in [1.54, 1.807) is 0 Å². The molecule has 2 aromatic heterocycles. The molecule has 0 saturated carbocycles. The summed E-state index contributed by atoms with van der Waals surface area (Å²) in [7, 11) is 2.24. The van der Waals surface area contributed by atoms with Crippen molar-refractivity contribution in [1.82, 2.24) is 19.4 Å². The van der Waals surface area contributed by atoms with Crippen LogP contribution in [0.5, 0.6) is 0 Å². The lowest BCUT2D eigenvalue weighted by molar-refractivity contribution is 0.174. The highest BCUT2D eigenvalue weighted by Crippen LogP contribution is 2.36. The molecule has 4 rings (SSSR count). The molecule has 4 heterocycles. The Hall–Kier alpha value is -1.07. The first-order valence-corrected chi connectivity index (χ1v) is 9.11. The molecule has 2 aliphatic heterocycles. The third kappa shape index (κ3) is 2.36. The van der Waals surface area contributed by atoms with Crippen molar-refractivity contribution in [2.45, 2.75) is 37.8 Å². The maximum Gasteiger partial charge on any atom is 0.160 e. The van der Waals surface area contributed by atoms with E-state index in [0.717, 1.165) is 11.2 Å². The van der Waals surface area contributed by atoms with Crippen molar-refractivity contribution in [2.75, 3.05) is 25.1 Å². The lowest BCUT2D eigenvalue weighted by atomic mass is 10.0. The molecule has 0 N–H and O–H groups in total. The highest BCUT2D eigenvalue weighted by atomic mass is 32.2. The van der Waals surface area contributed by atoms with E-state index < -0.39 is 0 Å². The zero-order valence-corrected chi connectivity index (χ0v) is 13.4. The second kappa shape index (κ2) is 5.61. The molecule has 0 bridgehead atoms. The molecule has 2 aromatic rings. The molecule has 5 heteroatoms. The normalized spacial score (nSPS) is 27.5. The summed E-state index contributed by atoms with van der Waals surface area (Å²) in [5.41, 5.74) is 2.14. The topological polar surface area (TPSA) is 34.0 Å². The number of nitrogens with zero attached hydrogens (tertiary/aromatic N) is 4. The first-order valence-electron chi connectivity index (χ1n) is 7.95. The van der Waals surface area contributed by atoms with Crippen molar-refractivity contribution in [2.24, 2.45) is 0 Å².